The second-order valence-electron chi connectivity index (χ2n) is 4.61. The van der Waals surface area contributed by atoms with E-state index in [4.69, 9.17) is 23.2 Å². The summed E-state index contributed by atoms with van der Waals surface area (Å²) in [6.07, 6.45) is 0. The number of hydrogen-bond donors (Lipinski definition) is 0. The highest BCUT2D eigenvalue weighted by molar-refractivity contribution is 6.30. The molecule has 0 saturated heterocycles. The van der Waals surface area contributed by atoms with Crippen molar-refractivity contribution >= 4 is 34.7 Å². The smallest absolute Gasteiger partial charge is 0.276 e. The van der Waals surface area contributed by atoms with Crippen LogP contribution >= 0.6 is 23.2 Å². The minimum Gasteiger partial charge on any atom is -0.353 e. The first-order valence-electron chi connectivity index (χ1n) is 6.19. The molecule has 0 amide bonds. The Balaban J connectivity index is 2.35. The van der Waals surface area contributed by atoms with Crippen LogP contribution in [0.1, 0.15) is 18.5 Å². The van der Waals surface area contributed by atoms with Crippen LogP contribution in [0.15, 0.2) is 36.4 Å². The second-order valence-corrected chi connectivity index (χ2v) is 5.43. The van der Waals surface area contributed by atoms with Crippen molar-refractivity contribution < 1.29 is 4.92 Å². The SMILES string of the molecule is CC(c1cccc(Cl)c1)N(C)c1cc([N+](=O)[O-])cc(Cl)n1. The molecule has 0 saturated carbocycles. The van der Waals surface area contributed by atoms with Crippen LogP contribution in [0.25, 0.3) is 0 Å². The van der Waals surface area contributed by atoms with Crippen LogP contribution in [0.5, 0.6) is 0 Å². The van der Waals surface area contributed by atoms with E-state index >= 15 is 0 Å². The van der Waals surface area contributed by atoms with E-state index in [0.29, 0.717) is 10.8 Å². The molecule has 1 unspecified atom stereocenters. The summed E-state index contributed by atoms with van der Waals surface area (Å²) in [5.41, 5.74) is 0.893. The van der Waals surface area contributed by atoms with Gasteiger partial charge in [-0.3, -0.25) is 10.1 Å². The number of aromatic nitrogens is 1. The number of benzene rings is 1. The Kier molecular flexibility index (Phi) is 4.65. The fourth-order valence-corrected chi connectivity index (χ4v) is 2.34. The van der Waals surface area contributed by atoms with Crippen molar-refractivity contribution in [3.63, 3.8) is 0 Å². The van der Waals surface area contributed by atoms with Crippen molar-refractivity contribution in [1.82, 2.24) is 4.98 Å². The van der Waals surface area contributed by atoms with Gasteiger partial charge in [0, 0.05) is 12.1 Å². The maximum atomic E-state index is 10.9. The first-order chi connectivity index (χ1) is 9.88. The van der Waals surface area contributed by atoms with E-state index in [9.17, 15) is 10.1 Å². The van der Waals surface area contributed by atoms with Gasteiger partial charge in [-0.15, -0.1) is 0 Å². The maximum absolute atomic E-state index is 10.9. The lowest BCUT2D eigenvalue weighted by Crippen LogP contribution is -2.22. The van der Waals surface area contributed by atoms with E-state index in [2.05, 4.69) is 4.98 Å². The van der Waals surface area contributed by atoms with Gasteiger partial charge < -0.3 is 4.90 Å². The molecule has 0 N–H and O–H groups in total. The summed E-state index contributed by atoms with van der Waals surface area (Å²) in [5, 5.41) is 11.6. The van der Waals surface area contributed by atoms with Crippen molar-refractivity contribution in [2.24, 2.45) is 0 Å². The number of rotatable bonds is 4. The fourth-order valence-electron chi connectivity index (χ4n) is 1.94. The molecule has 1 atom stereocenters. The summed E-state index contributed by atoms with van der Waals surface area (Å²) in [5.74, 6) is 0.432. The fraction of sp³-hybridized carbons (Fsp3) is 0.214. The third-order valence-corrected chi connectivity index (χ3v) is 3.68. The molecule has 0 spiro atoms. The van der Waals surface area contributed by atoms with Gasteiger partial charge in [0.05, 0.1) is 23.1 Å². The van der Waals surface area contributed by atoms with Gasteiger partial charge in [-0.05, 0) is 24.6 Å². The van der Waals surface area contributed by atoms with E-state index in [1.165, 1.54) is 12.1 Å². The molecule has 5 nitrogen and oxygen atoms in total. The molecular weight excluding hydrogens is 313 g/mol. The van der Waals surface area contributed by atoms with Crippen LogP contribution in [0.4, 0.5) is 11.5 Å². The monoisotopic (exact) mass is 325 g/mol. The highest BCUT2D eigenvalue weighted by atomic mass is 35.5. The standard InChI is InChI=1S/C14H13Cl2N3O2/c1-9(10-4-3-5-11(15)6-10)18(2)14-8-12(19(20)21)7-13(16)17-14/h3-9H,1-2H3. The zero-order chi connectivity index (χ0) is 15.6. The quantitative estimate of drug-likeness (QED) is 0.472. The molecule has 110 valence electrons. The molecule has 7 heteroatoms. The molecule has 2 aromatic rings. The van der Waals surface area contributed by atoms with Crippen molar-refractivity contribution in [2.45, 2.75) is 13.0 Å². The maximum Gasteiger partial charge on any atom is 0.276 e. The highest BCUT2D eigenvalue weighted by Gasteiger charge is 2.18. The lowest BCUT2D eigenvalue weighted by atomic mass is 10.1. The minimum atomic E-state index is -0.491. The number of anilines is 1. The van der Waals surface area contributed by atoms with Crippen LogP contribution in [-0.2, 0) is 0 Å². The van der Waals surface area contributed by atoms with Crippen LogP contribution in [0.3, 0.4) is 0 Å². The Hall–Kier alpha value is -1.85. The number of pyridine rings is 1. The van der Waals surface area contributed by atoms with Crippen LogP contribution in [-0.4, -0.2) is 17.0 Å². The average Bonchev–Trinajstić information content (AvgIpc) is 2.45. The highest BCUT2D eigenvalue weighted by Crippen LogP contribution is 2.29. The number of hydrogen-bond acceptors (Lipinski definition) is 4. The molecule has 1 aromatic carbocycles. The van der Waals surface area contributed by atoms with Gasteiger partial charge in [0.2, 0.25) is 0 Å². The van der Waals surface area contributed by atoms with Crippen molar-refractivity contribution in [3.8, 4) is 0 Å². The molecular formula is C14H13Cl2N3O2. The van der Waals surface area contributed by atoms with E-state index in [1.807, 2.05) is 30.0 Å². The third-order valence-electron chi connectivity index (χ3n) is 3.25. The summed E-state index contributed by atoms with van der Waals surface area (Å²) in [7, 11) is 1.80. The van der Waals surface area contributed by atoms with Crippen LogP contribution in [0.2, 0.25) is 10.2 Å². The predicted octanol–water partition coefficient (Wildman–Crippen LogP) is 4.49. The van der Waals surface area contributed by atoms with Gasteiger partial charge >= 0.3 is 0 Å². The van der Waals surface area contributed by atoms with Gasteiger partial charge in [-0.1, -0.05) is 35.3 Å². The van der Waals surface area contributed by atoms with Gasteiger partial charge in [-0.2, -0.15) is 0 Å². The average molecular weight is 326 g/mol. The van der Waals surface area contributed by atoms with Crippen molar-refractivity contribution in [2.75, 3.05) is 11.9 Å². The zero-order valence-electron chi connectivity index (χ0n) is 11.5. The summed E-state index contributed by atoms with van der Waals surface area (Å²) in [6.45, 7) is 1.96. The number of nitro groups is 1. The Labute approximate surface area is 132 Å². The van der Waals surface area contributed by atoms with Gasteiger partial charge in [0.15, 0.2) is 0 Å². The van der Waals surface area contributed by atoms with E-state index in [-0.39, 0.29) is 16.9 Å². The lowest BCUT2D eigenvalue weighted by molar-refractivity contribution is -0.384. The summed E-state index contributed by atoms with van der Waals surface area (Å²) in [6, 6.07) is 9.99. The summed E-state index contributed by atoms with van der Waals surface area (Å²) < 4.78 is 0. The molecule has 0 aliphatic heterocycles. The Bertz CT molecular complexity index is 679. The molecule has 0 aliphatic carbocycles. The number of halogens is 2. The summed E-state index contributed by atoms with van der Waals surface area (Å²) in [4.78, 5) is 16.4. The van der Waals surface area contributed by atoms with Crippen LogP contribution in [0, 0.1) is 10.1 Å². The Morgan fingerprint density at radius 1 is 1.29 bits per heavy atom. The Morgan fingerprint density at radius 2 is 2.00 bits per heavy atom. The van der Waals surface area contributed by atoms with E-state index < -0.39 is 4.92 Å². The minimum absolute atomic E-state index is 0.0609. The van der Waals surface area contributed by atoms with E-state index in [1.54, 1.807) is 13.1 Å². The topological polar surface area (TPSA) is 59.3 Å². The predicted molar refractivity (Wildman–Crippen MR) is 84.2 cm³/mol. The third kappa shape index (κ3) is 3.62. The molecule has 0 radical (unpaired) electrons. The first kappa shape index (κ1) is 15.5. The zero-order valence-corrected chi connectivity index (χ0v) is 13.0. The summed E-state index contributed by atoms with van der Waals surface area (Å²) >= 11 is 11.8. The largest absolute Gasteiger partial charge is 0.353 e. The van der Waals surface area contributed by atoms with Gasteiger partial charge in [0.1, 0.15) is 11.0 Å². The normalized spacial score (nSPS) is 12.0. The van der Waals surface area contributed by atoms with Gasteiger partial charge in [0.25, 0.3) is 5.69 Å². The van der Waals surface area contributed by atoms with Crippen molar-refractivity contribution in [1.29, 1.82) is 0 Å². The Morgan fingerprint density at radius 3 is 2.62 bits per heavy atom. The number of nitrogens with zero attached hydrogens (tertiary/aromatic N) is 3. The van der Waals surface area contributed by atoms with Gasteiger partial charge in [-0.25, -0.2) is 4.98 Å². The molecule has 1 heterocycles. The molecule has 0 bridgehead atoms. The molecule has 2 rings (SSSR count). The molecule has 0 fully saturated rings. The lowest BCUT2D eigenvalue weighted by Gasteiger charge is -2.26. The molecule has 0 aliphatic rings. The first-order valence-corrected chi connectivity index (χ1v) is 6.94. The van der Waals surface area contributed by atoms with Crippen molar-refractivity contribution in [3.05, 3.63) is 62.3 Å². The van der Waals surface area contributed by atoms with Crippen LogP contribution < -0.4 is 4.90 Å². The van der Waals surface area contributed by atoms with E-state index in [0.717, 1.165) is 5.56 Å². The second kappa shape index (κ2) is 6.28. The molecule has 1 aromatic heterocycles. The molecule has 21 heavy (non-hydrogen) atoms.